The quantitative estimate of drug-likeness (QED) is 0.286. The van der Waals surface area contributed by atoms with E-state index in [1.54, 1.807) is 30.3 Å². The highest BCUT2D eigenvalue weighted by atomic mass is 32.1. The number of methoxy groups -OCH3 is 1. The van der Waals surface area contributed by atoms with Gasteiger partial charge in [0.1, 0.15) is 23.3 Å². The number of phenolic OH excluding ortho intramolecular Hbond substituents is 1. The van der Waals surface area contributed by atoms with Gasteiger partial charge in [-0.2, -0.15) is 0 Å². The van der Waals surface area contributed by atoms with E-state index in [0.717, 1.165) is 16.0 Å². The third kappa shape index (κ3) is 3.86. The maximum absolute atomic E-state index is 13.4. The molecule has 0 bridgehead atoms. The molecule has 1 aliphatic heterocycles. The minimum absolute atomic E-state index is 0.0387. The molecule has 4 rings (SSSR count). The van der Waals surface area contributed by atoms with Gasteiger partial charge in [0, 0.05) is 4.88 Å². The van der Waals surface area contributed by atoms with Crippen molar-refractivity contribution in [2.75, 3.05) is 12.0 Å². The van der Waals surface area contributed by atoms with Crippen molar-refractivity contribution in [1.29, 1.82) is 0 Å². The number of para-hydroxylation sites is 2. The topological polar surface area (TPSA) is 87.1 Å². The number of amides is 1. The van der Waals surface area contributed by atoms with Crippen molar-refractivity contribution >= 4 is 34.5 Å². The monoisotopic (exact) mass is 477 g/mol. The Balaban J connectivity index is 2.02. The normalized spacial score (nSPS) is 17.9. The zero-order chi connectivity index (χ0) is 24.8. The molecule has 2 aromatic carbocycles. The van der Waals surface area contributed by atoms with Crippen molar-refractivity contribution in [2.24, 2.45) is 0 Å². The molecule has 7 heteroatoms. The van der Waals surface area contributed by atoms with Crippen molar-refractivity contribution in [3.05, 3.63) is 81.1 Å². The van der Waals surface area contributed by atoms with Gasteiger partial charge < -0.3 is 14.9 Å². The first kappa shape index (κ1) is 23.6. The summed E-state index contributed by atoms with van der Waals surface area (Å²) >= 11 is 1.38. The molecule has 0 spiro atoms. The number of ketones is 1. The van der Waals surface area contributed by atoms with E-state index in [2.05, 4.69) is 0 Å². The highest BCUT2D eigenvalue weighted by molar-refractivity contribution is 7.10. The van der Waals surface area contributed by atoms with Crippen molar-refractivity contribution in [2.45, 2.75) is 39.2 Å². The molecule has 1 saturated heterocycles. The third-order valence-electron chi connectivity index (χ3n) is 6.06. The Morgan fingerprint density at radius 1 is 1.09 bits per heavy atom. The Kier molecular flexibility index (Phi) is 6.00. The van der Waals surface area contributed by atoms with E-state index < -0.39 is 17.7 Å². The smallest absolute Gasteiger partial charge is 0.300 e. The van der Waals surface area contributed by atoms with Crippen LogP contribution in [0.25, 0.3) is 5.76 Å². The van der Waals surface area contributed by atoms with E-state index in [1.165, 1.54) is 29.4 Å². The molecule has 1 aliphatic rings. The zero-order valence-corrected chi connectivity index (χ0v) is 20.6. The summed E-state index contributed by atoms with van der Waals surface area (Å²) in [6.07, 6.45) is 0. The van der Waals surface area contributed by atoms with Gasteiger partial charge in [0.05, 0.1) is 23.9 Å². The fourth-order valence-electron chi connectivity index (χ4n) is 4.17. The lowest BCUT2D eigenvalue weighted by atomic mass is 9.85. The number of nitrogens with zero attached hydrogens (tertiary/aromatic N) is 1. The number of thiophene rings is 1. The number of benzene rings is 2. The van der Waals surface area contributed by atoms with Crippen LogP contribution >= 0.6 is 11.3 Å². The van der Waals surface area contributed by atoms with Crippen LogP contribution < -0.4 is 9.64 Å². The van der Waals surface area contributed by atoms with Crippen LogP contribution in [-0.2, 0) is 15.0 Å². The van der Waals surface area contributed by atoms with Gasteiger partial charge in [0.25, 0.3) is 11.7 Å². The number of rotatable bonds is 4. The second-order valence-electron chi connectivity index (χ2n) is 9.29. The largest absolute Gasteiger partial charge is 0.507 e. The fourth-order valence-corrected chi connectivity index (χ4v) is 5.19. The summed E-state index contributed by atoms with van der Waals surface area (Å²) in [5, 5.41) is 23.9. The van der Waals surface area contributed by atoms with Crippen LogP contribution in [0.4, 0.5) is 5.69 Å². The van der Waals surface area contributed by atoms with Crippen molar-refractivity contribution in [1.82, 2.24) is 0 Å². The number of anilines is 1. The van der Waals surface area contributed by atoms with Gasteiger partial charge in [-0.15, -0.1) is 11.3 Å². The molecule has 176 valence electrons. The van der Waals surface area contributed by atoms with Gasteiger partial charge in [-0.25, -0.2) is 0 Å². The van der Waals surface area contributed by atoms with Gasteiger partial charge in [-0.1, -0.05) is 39.0 Å². The molecule has 1 amide bonds. The molecule has 1 atom stereocenters. The van der Waals surface area contributed by atoms with Crippen molar-refractivity contribution in [3.63, 3.8) is 0 Å². The molecular weight excluding hydrogens is 450 g/mol. The number of hydrogen-bond donors (Lipinski definition) is 2. The van der Waals surface area contributed by atoms with Crippen LogP contribution in [0.2, 0.25) is 0 Å². The molecule has 0 aliphatic carbocycles. The summed E-state index contributed by atoms with van der Waals surface area (Å²) in [5.74, 6) is -1.68. The molecule has 2 N–H and O–H groups in total. The number of phenols is 1. The highest BCUT2D eigenvalue weighted by Gasteiger charge is 2.48. The molecule has 0 radical (unpaired) electrons. The first-order chi connectivity index (χ1) is 16.1. The maximum Gasteiger partial charge on any atom is 0.300 e. The van der Waals surface area contributed by atoms with Crippen LogP contribution in [0.1, 0.15) is 48.4 Å². The van der Waals surface area contributed by atoms with Crippen LogP contribution in [-0.4, -0.2) is 29.0 Å². The van der Waals surface area contributed by atoms with Crippen molar-refractivity contribution < 1.29 is 24.5 Å². The lowest BCUT2D eigenvalue weighted by Crippen LogP contribution is -2.29. The predicted molar refractivity (Wildman–Crippen MR) is 134 cm³/mol. The summed E-state index contributed by atoms with van der Waals surface area (Å²) < 4.78 is 5.49. The van der Waals surface area contributed by atoms with Crippen LogP contribution in [0.3, 0.4) is 0 Å². The van der Waals surface area contributed by atoms with Crippen LogP contribution in [0.5, 0.6) is 11.5 Å². The SMILES string of the molecule is COc1ccc(C(C)(C)C)cc1/C(O)=C1\C(=O)C(=O)N(c2ccccc2O)C1c1sccc1C. The highest BCUT2D eigenvalue weighted by Crippen LogP contribution is 2.47. The van der Waals surface area contributed by atoms with Crippen molar-refractivity contribution in [3.8, 4) is 11.5 Å². The fraction of sp³-hybridized carbons (Fsp3) is 0.259. The summed E-state index contributed by atoms with van der Waals surface area (Å²) in [7, 11) is 1.49. The first-order valence-corrected chi connectivity index (χ1v) is 11.8. The minimum atomic E-state index is -0.892. The number of carbonyl (C=O) groups is 2. The summed E-state index contributed by atoms with van der Waals surface area (Å²) in [4.78, 5) is 28.7. The molecule has 2 heterocycles. The van der Waals surface area contributed by atoms with Crippen LogP contribution in [0, 0.1) is 6.92 Å². The molecule has 1 fully saturated rings. The second kappa shape index (κ2) is 8.65. The Labute approximate surface area is 202 Å². The molecule has 1 unspecified atom stereocenters. The molecule has 1 aromatic heterocycles. The van der Waals surface area contributed by atoms with Gasteiger partial charge in [0.15, 0.2) is 0 Å². The predicted octanol–water partition coefficient (Wildman–Crippen LogP) is 5.69. The Morgan fingerprint density at radius 3 is 2.38 bits per heavy atom. The van der Waals surface area contributed by atoms with Gasteiger partial charge in [0.2, 0.25) is 0 Å². The number of aliphatic hydroxyl groups excluding tert-OH is 1. The summed E-state index contributed by atoms with van der Waals surface area (Å²) in [6, 6.07) is 12.8. The van der Waals surface area contributed by atoms with E-state index >= 15 is 0 Å². The Hall–Kier alpha value is -3.58. The zero-order valence-electron chi connectivity index (χ0n) is 19.7. The molecular formula is C27H27NO5S. The number of Topliss-reactive ketones (excluding diaryl/α,β-unsaturated/α-hetero) is 1. The second-order valence-corrected chi connectivity index (χ2v) is 10.2. The maximum atomic E-state index is 13.4. The average molecular weight is 478 g/mol. The lowest BCUT2D eigenvalue weighted by Gasteiger charge is -2.26. The number of carbonyl (C=O) groups excluding carboxylic acids is 2. The lowest BCUT2D eigenvalue weighted by molar-refractivity contribution is -0.132. The standard InChI is InChI=1S/C27H27NO5S/c1-15-12-13-34-25(15)22-21(24(31)26(32)28(22)18-8-6-7-9-19(18)29)23(30)17-14-16(27(2,3)4)10-11-20(17)33-5/h6-14,22,29-30H,1-5H3/b23-21+. The Bertz CT molecular complexity index is 1310. The molecule has 6 nitrogen and oxygen atoms in total. The van der Waals surface area contributed by atoms with Gasteiger partial charge in [-0.05, 0) is 59.2 Å². The van der Waals surface area contributed by atoms with E-state index in [0.29, 0.717) is 11.3 Å². The average Bonchev–Trinajstić information content (AvgIpc) is 3.33. The summed E-state index contributed by atoms with van der Waals surface area (Å²) in [5.41, 5.74) is 2.10. The number of aliphatic hydroxyl groups is 1. The van der Waals surface area contributed by atoms with E-state index in [1.807, 2.05) is 45.2 Å². The number of aromatic hydroxyl groups is 1. The summed E-state index contributed by atoms with van der Waals surface area (Å²) in [6.45, 7) is 8.03. The number of aryl methyl sites for hydroxylation is 1. The molecule has 0 saturated carbocycles. The van der Waals surface area contributed by atoms with E-state index in [4.69, 9.17) is 4.74 Å². The third-order valence-corrected chi connectivity index (χ3v) is 7.13. The minimum Gasteiger partial charge on any atom is -0.507 e. The molecule has 34 heavy (non-hydrogen) atoms. The first-order valence-electron chi connectivity index (χ1n) is 10.9. The van der Waals surface area contributed by atoms with Gasteiger partial charge in [-0.3, -0.25) is 14.5 Å². The Morgan fingerprint density at radius 2 is 1.79 bits per heavy atom. The van der Waals surface area contributed by atoms with E-state index in [9.17, 15) is 19.8 Å². The van der Waals surface area contributed by atoms with Crippen LogP contribution in [0.15, 0.2) is 59.5 Å². The van der Waals surface area contributed by atoms with E-state index in [-0.39, 0.29) is 28.2 Å². The molecule has 3 aromatic rings. The van der Waals surface area contributed by atoms with Gasteiger partial charge >= 0.3 is 0 Å². The number of ether oxygens (including phenoxy) is 1. The number of hydrogen-bond acceptors (Lipinski definition) is 6.